The van der Waals surface area contributed by atoms with Crippen LogP contribution in [0.3, 0.4) is 0 Å². The van der Waals surface area contributed by atoms with E-state index in [1.54, 1.807) is 12.1 Å². The lowest BCUT2D eigenvalue weighted by Gasteiger charge is -2.13. The van der Waals surface area contributed by atoms with Crippen LogP contribution in [0.5, 0.6) is 0 Å². The first-order valence-electron chi connectivity index (χ1n) is 6.64. The molecule has 0 fully saturated rings. The van der Waals surface area contributed by atoms with Crippen LogP contribution in [0.4, 0.5) is 4.39 Å². The molecule has 106 valence electrons. The molecule has 2 aromatic carbocycles. The Morgan fingerprint density at radius 2 is 1.85 bits per heavy atom. The minimum Gasteiger partial charge on any atom is -0.392 e. The van der Waals surface area contributed by atoms with Crippen LogP contribution >= 0.6 is 11.6 Å². The zero-order valence-corrected chi connectivity index (χ0v) is 12.4. The molecular weight excluding hydrogens is 275 g/mol. The summed E-state index contributed by atoms with van der Waals surface area (Å²) in [5.41, 5.74) is 4.16. The van der Waals surface area contributed by atoms with Gasteiger partial charge in [0.25, 0.3) is 0 Å². The Labute approximate surface area is 124 Å². The third-order valence-corrected chi connectivity index (χ3v) is 3.95. The molecule has 2 rings (SSSR count). The molecule has 0 aliphatic heterocycles. The van der Waals surface area contributed by atoms with E-state index in [-0.39, 0.29) is 5.02 Å². The number of hydrogen-bond donors (Lipinski definition) is 1. The molecule has 0 saturated heterocycles. The summed E-state index contributed by atoms with van der Waals surface area (Å²) in [4.78, 5) is 0. The third kappa shape index (κ3) is 3.59. The average Bonchev–Trinajstić information content (AvgIpc) is 2.39. The SMILES string of the molecule is Cc1ccc(CC(O)Cc2cccc(F)c2Cl)cc1C. The molecule has 0 spiro atoms. The first-order chi connectivity index (χ1) is 9.47. The van der Waals surface area contributed by atoms with Gasteiger partial charge in [0.2, 0.25) is 0 Å². The predicted molar refractivity (Wildman–Crippen MR) is 80.7 cm³/mol. The quantitative estimate of drug-likeness (QED) is 0.893. The molecule has 2 aromatic rings. The van der Waals surface area contributed by atoms with Gasteiger partial charge < -0.3 is 5.11 Å². The van der Waals surface area contributed by atoms with Crippen LogP contribution in [0, 0.1) is 19.7 Å². The van der Waals surface area contributed by atoms with Gasteiger partial charge in [-0.05, 0) is 48.6 Å². The van der Waals surface area contributed by atoms with E-state index in [1.165, 1.54) is 17.2 Å². The Morgan fingerprint density at radius 1 is 1.10 bits per heavy atom. The molecule has 1 atom stereocenters. The first-order valence-corrected chi connectivity index (χ1v) is 7.02. The molecule has 1 N–H and O–H groups in total. The highest BCUT2D eigenvalue weighted by atomic mass is 35.5. The van der Waals surface area contributed by atoms with Gasteiger partial charge in [0.1, 0.15) is 5.82 Å². The maximum atomic E-state index is 13.3. The molecule has 1 unspecified atom stereocenters. The molecule has 0 radical (unpaired) electrons. The number of benzene rings is 2. The van der Waals surface area contributed by atoms with Crippen LogP contribution in [0.1, 0.15) is 22.3 Å². The normalized spacial score (nSPS) is 12.4. The largest absolute Gasteiger partial charge is 0.392 e. The molecule has 0 saturated carbocycles. The number of aryl methyl sites for hydroxylation is 2. The summed E-state index contributed by atoms with van der Waals surface area (Å²) in [6, 6.07) is 10.8. The Morgan fingerprint density at radius 3 is 2.55 bits per heavy atom. The standard InChI is InChI=1S/C17H18ClFO/c1-11-6-7-13(8-12(11)2)9-15(20)10-14-4-3-5-16(19)17(14)18/h3-8,15,20H,9-10H2,1-2H3. The molecule has 0 heterocycles. The Bertz CT molecular complexity index is 610. The topological polar surface area (TPSA) is 20.2 Å². The van der Waals surface area contributed by atoms with Crippen molar-refractivity contribution in [3.05, 3.63) is 69.5 Å². The van der Waals surface area contributed by atoms with Crippen LogP contribution in [0.15, 0.2) is 36.4 Å². The van der Waals surface area contributed by atoms with E-state index < -0.39 is 11.9 Å². The van der Waals surface area contributed by atoms with E-state index in [0.717, 1.165) is 5.56 Å². The lowest BCUT2D eigenvalue weighted by atomic mass is 9.98. The fourth-order valence-electron chi connectivity index (χ4n) is 2.23. The summed E-state index contributed by atoms with van der Waals surface area (Å²) < 4.78 is 13.3. The van der Waals surface area contributed by atoms with Gasteiger partial charge in [0, 0.05) is 6.42 Å². The van der Waals surface area contributed by atoms with Gasteiger partial charge in [0.15, 0.2) is 0 Å². The maximum Gasteiger partial charge on any atom is 0.142 e. The van der Waals surface area contributed by atoms with E-state index >= 15 is 0 Å². The highest BCUT2D eigenvalue weighted by Gasteiger charge is 2.12. The lowest BCUT2D eigenvalue weighted by Crippen LogP contribution is -2.14. The first kappa shape index (κ1) is 15.0. The zero-order chi connectivity index (χ0) is 14.7. The van der Waals surface area contributed by atoms with Crippen molar-refractivity contribution in [2.75, 3.05) is 0 Å². The minimum absolute atomic E-state index is 0.103. The number of hydrogen-bond acceptors (Lipinski definition) is 1. The summed E-state index contributed by atoms with van der Waals surface area (Å²) in [6.45, 7) is 4.11. The smallest absolute Gasteiger partial charge is 0.142 e. The van der Waals surface area contributed by atoms with Gasteiger partial charge in [-0.2, -0.15) is 0 Å². The van der Waals surface area contributed by atoms with E-state index in [0.29, 0.717) is 18.4 Å². The van der Waals surface area contributed by atoms with E-state index in [4.69, 9.17) is 11.6 Å². The number of halogens is 2. The molecular formula is C17H18ClFO. The van der Waals surface area contributed by atoms with E-state index in [2.05, 4.69) is 19.9 Å². The van der Waals surface area contributed by atoms with Crippen LogP contribution in [-0.4, -0.2) is 11.2 Å². The van der Waals surface area contributed by atoms with Crippen LogP contribution < -0.4 is 0 Å². The number of aliphatic hydroxyl groups excluding tert-OH is 1. The minimum atomic E-state index is -0.573. The fourth-order valence-corrected chi connectivity index (χ4v) is 2.44. The summed E-state index contributed by atoms with van der Waals surface area (Å²) in [5.74, 6) is -0.442. The van der Waals surface area contributed by atoms with Crippen molar-refractivity contribution in [1.82, 2.24) is 0 Å². The molecule has 1 nitrogen and oxygen atoms in total. The molecule has 0 bridgehead atoms. The molecule has 3 heteroatoms. The average molecular weight is 293 g/mol. The van der Waals surface area contributed by atoms with Gasteiger partial charge in [-0.3, -0.25) is 0 Å². The van der Waals surface area contributed by atoms with Crippen LogP contribution in [0.25, 0.3) is 0 Å². The van der Waals surface area contributed by atoms with Crippen LogP contribution in [-0.2, 0) is 12.8 Å². The Hall–Kier alpha value is -1.38. The second-order valence-corrected chi connectivity index (χ2v) is 5.57. The van der Waals surface area contributed by atoms with Gasteiger partial charge in [0.05, 0.1) is 11.1 Å². The van der Waals surface area contributed by atoms with Gasteiger partial charge in [-0.25, -0.2) is 4.39 Å². The van der Waals surface area contributed by atoms with Crippen LogP contribution in [0.2, 0.25) is 5.02 Å². The van der Waals surface area contributed by atoms with Crippen molar-refractivity contribution in [1.29, 1.82) is 0 Å². The number of aliphatic hydroxyl groups is 1. The van der Waals surface area contributed by atoms with Crippen molar-refractivity contribution in [3.63, 3.8) is 0 Å². The van der Waals surface area contributed by atoms with Crippen molar-refractivity contribution >= 4 is 11.6 Å². The monoisotopic (exact) mass is 292 g/mol. The molecule has 0 aliphatic rings. The predicted octanol–water partition coefficient (Wildman–Crippen LogP) is 4.24. The van der Waals surface area contributed by atoms with E-state index in [9.17, 15) is 9.50 Å². The summed E-state index contributed by atoms with van der Waals surface area (Å²) in [6.07, 6.45) is 0.314. The fraction of sp³-hybridized carbons (Fsp3) is 0.294. The second-order valence-electron chi connectivity index (χ2n) is 5.19. The molecule has 0 aromatic heterocycles. The van der Waals surface area contributed by atoms with Crippen molar-refractivity contribution in [2.45, 2.75) is 32.8 Å². The molecule has 0 aliphatic carbocycles. The second kappa shape index (κ2) is 6.38. The Kier molecular flexibility index (Phi) is 4.79. The maximum absolute atomic E-state index is 13.3. The van der Waals surface area contributed by atoms with Gasteiger partial charge in [-0.1, -0.05) is 41.9 Å². The summed E-state index contributed by atoms with van der Waals surface area (Å²) >= 11 is 5.90. The molecule has 0 amide bonds. The van der Waals surface area contributed by atoms with Gasteiger partial charge >= 0.3 is 0 Å². The van der Waals surface area contributed by atoms with Crippen molar-refractivity contribution in [3.8, 4) is 0 Å². The number of rotatable bonds is 4. The van der Waals surface area contributed by atoms with Gasteiger partial charge in [-0.15, -0.1) is 0 Å². The van der Waals surface area contributed by atoms with Crippen molar-refractivity contribution in [2.24, 2.45) is 0 Å². The summed E-state index contributed by atoms with van der Waals surface area (Å²) in [5, 5.41) is 10.3. The Balaban J connectivity index is 2.07. The lowest BCUT2D eigenvalue weighted by molar-refractivity contribution is 0.175. The zero-order valence-electron chi connectivity index (χ0n) is 11.7. The molecule has 20 heavy (non-hydrogen) atoms. The highest BCUT2D eigenvalue weighted by Crippen LogP contribution is 2.22. The summed E-state index contributed by atoms with van der Waals surface area (Å²) in [7, 11) is 0. The van der Waals surface area contributed by atoms with Crippen molar-refractivity contribution < 1.29 is 9.50 Å². The highest BCUT2D eigenvalue weighted by molar-refractivity contribution is 6.31. The van der Waals surface area contributed by atoms with E-state index in [1.807, 2.05) is 12.1 Å². The third-order valence-electron chi connectivity index (χ3n) is 3.53.